The summed E-state index contributed by atoms with van der Waals surface area (Å²) in [7, 11) is 0. The first kappa shape index (κ1) is 12.7. The van der Waals surface area contributed by atoms with Gasteiger partial charge in [-0.25, -0.2) is 0 Å². The summed E-state index contributed by atoms with van der Waals surface area (Å²) < 4.78 is 0. The molecule has 0 N–H and O–H groups in total. The summed E-state index contributed by atoms with van der Waals surface area (Å²) in [6.45, 7) is -1.86. The summed E-state index contributed by atoms with van der Waals surface area (Å²) in [6, 6.07) is 0. The molecule has 0 atom stereocenters. The van der Waals surface area contributed by atoms with Crippen LogP contribution in [0.15, 0.2) is 0 Å². The van der Waals surface area contributed by atoms with Crippen LogP contribution in [0.5, 0.6) is 0 Å². The Balaban J connectivity index is 4.42. The van der Waals surface area contributed by atoms with Gasteiger partial charge >= 0.3 is 0 Å². The lowest BCUT2D eigenvalue weighted by molar-refractivity contribution is -0.769. The maximum absolute atomic E-state index is 10.4. The molecule has 0 rings (SSSR count). The van der Waals surface area contributed by atoms with Crippen molar-refractivity contribution in [2.45, 2.75) is 0 Å². The van der Waals surface area contributed by atoms with Crippen molar-refractivity contribution in [2.75, 3.05) is 13.2 Å². The van der Waals surface area contributed by atoms with Gasteiger partial charge in [0.1, 0.15) is 31.2 Å². The molecule has 0 aromatic carbocycles. The summed E-state index contributed by atoms with van der Waals surface area (Å²) in [5.74, 6) is 0. The Morgan fingerprint density at radius 1 is 1.00 bits per heavy atom. The van der Waals surface area contributed by atoms with Crippen LogP contribution in [0.3, 0.4) is 0 Å². The summed E-state index contributed by atoms with van der Waals surface area (Å²) >= 11 is 0. The van der Waals surface area contributed by atoms with Crippen molar-refractivity contribution < 1.29 is 29.4 Å². The zero-order valence-corrected chi connectivity index (χ0v) is 7.23. The molecule has 0 aromatic rings. The SMILES string of the molecule is O=CC(C=O)(CO[N+](=O)[O-])CO[N+](=O)[O-]. The number of hydrogen-bond donors (Lipinski definition) is 0. The zero-order valence-electron chi connectivity index (χ0n) is 7.23. The van der Waals surface area contributed by atoms with Gasteiger partial charge in [-0.1, -0.05) is 0 Å². The van der Waals surface area contributed by atoms with E-state index in [1.54, 1.807) is 0 Å². The molecular formula is C5H6N2O8. The molecule has 10 nitrogen and oxygen atoms in total. The van der Waals surface area contributed by atoms with Crippen LogP contribution >= 0.6 is 0 Å². The van der Waals surface area contributed by atoms with Crippen molar-refractivity contribution in [3.63, 3.8) is 0 Å². The van der Waals surface area contributed by atoms with Crippen LogP contribution in [0.25, 0.3) is 0 Å². The van der Waals surface area contributed by atoms with E-state index in [2.05, 4.69) is 9.68 Å². The highest BCUT2D eigenvalue weighted by Crippen LogP contribution is 2.12. The zero-order chi connectivity index (χ0) is 11.9. The standard InChI is InChI=1S/C5H6N2O8/c8-1-5(2-9,3-14-6(10)11)4-15-7(12)13/h1-2H,3-4H2. The van der Waals surface area contributed by atoms with Crippen molar-refractivity contribution in [3.8, 4) is 0 Å². The smallest absolute Gasteiger partial charge is 0.294 e. The highest BCUT2D eigenvalue weighted by Gasteiger charge is 2.33. The normalized spacial score (nSPS) is 10.1. The van der Waals surface area contributed by atoms with Crippen LogP contribution in [0.2, 0.25) is 0 Å². The van der Waals surface area contributed by atoms with Gasteiger partial charge in [0, 0.05) is 0 Å². The lowest BCUT2D eigenvalue weighted by atomic mass is 9.95. The van der Waals surface area contributed by atoms with E-state index < -0.39 is 28.8 Å². The lowest BCUT2D eigenvalue weighted by Gasteiger charge is -2.17. The first-order valence-electron chi connectivity index (χ1n) is 3.43. The molecule has 15 heavy (non-hydrogen) atoms. The predicted octanol–water partition coefficient (Wildman–Crippen LogP) is -1.21. The minimum Gasteiger partial charge on any atom is -0.312 e. The molecule has 0 heterocycles. The second-order valence-corrected chi connectivity index (χ2v) is 2.46. The van der Waals surface area contributed by atoms with Crippen LogP contribution < -0.4 is 0 Å². The summed E-state index contributed by atoms with van der Waals surface area (Å²) in [5.41, 5.74) is -2.04. The molecule has 0 amide bonds. The second-order valence-electron chi connectivity index (χ2n) is 2.46. The first-order valence-corrected chi connectivity index (χ1v) is 3.43. The van der Waals surface area contributed by atoms with Crippen molar-refractivity contribution in [1.29, 1.82) is 0 Å². The summed E-state index contributed by atoms with van der Waals surface area (Å²) in [4.78, 5) is 48.0. The Labute approximate surface area is 82.0 Å². The average Bonchev–Trinajstić information content (AvgIpc) is 2.19. The Hall–Kier alpha value is -2.26. The maximum Gasteiger partial charge on any atom is 0.294 e. The van der Waals surface area contributed by atoms with E-state index >= 15 is 0 Å². The van der Waals surface area contributed by atoms with Crippen LogP contribution in [0, 0.1) is 25.6 Å². The molecule has 0 saturated heterocycles. The Morgan fingerprint density at radius 3 is 1.53 bits per heavy atom. The third kappa shape index (κ3) is 4.50. The van der Waals surface area contributed by atoms with Gasteiger partial charge in [0.25, 0.3) is 10.2 Å². The quantitative estimate of drug-likeness (QED) is 0.215. The van der Waals surface area contributed by atoms with Gasteiger partial charge in [-0.3, -0.25) is 0 Å². The van der Waals surface area contributed by atoms with Crippen LogP contribution in [0.1, 0.15) is 0 Å². The van der Waals surface area contributed by atoms with Gasteiger partial charge in [0.15, 0.2) is 0 Å². The number of rotatable bonds is 8. The fourth-order valence-electron chi connectivity index (χ4n) is 0.551. The average molecular weight is 222 g/mol. The van der Waals surface area contributed by atoms with E-state index in [1.165, 1.54) is 0 Å². The van der Waals surface area contributed by atoms with Crippen molar-refractivity contribution >= 4 is 12.6 Å². The van der Waals surface area contributed by atoms with Gasteiger partial charge < -0.3 is 19.3 Å². The molecule has 0 spiro atoms. The molecule has 0 aliphatic carbocycles. The minimum atomic E-state index is -2.04. The lowest BCUT2D eigenvalue weighted by Crippen LogP contribution is -2.37. The molecule has 0 aliphatic heterocycles. The number of hydrogen-bond acceptors (Lipinski definition) is 8. The number of nitrogens with zero attached hydrogens (tertiary/aromatic N) is 2. The Bertz CT molecular complexity index is 248. The van der Waals surface area contributed by atoms with E-state index in [4.69, 9.17) is 0 Å². The van der Waals surface area contributed by atoms with E-state index in [9.17, 15) is 29.8 Å². The largest absolute Gasteiger partial charge is 0.312 e. The molecule has 0 radical (unpaired) electrons. The van der Waals surface area contributed by atoms with Crippen molar-refractivity contribution in [2.24, 2.45) is 5.41 Å². The molecule has 0 unspecified atom stereocenters. The Morgan fingerprint density at radius 2 is 1.33 bits per heavy atom. The highest BCUT2D eigenvalue weighted by atomic mass is 17.0. The molecule has 0 aromatic heterocycles. The van der Waals surface area contributed by atoms with E-state index in [-0.39, 0.29) is 12.6 Å². The van der Waals surface area contributed by atoms with Gasteiger partial charge in [-0.15, -0.1) is 20.2 Å². The molecule has 0 saturated carbocycles. The second kappa shape index (κ2) is 5.47. The van der Waals surface area contributed by atoms with Gasteiger partial charge in [-0.05, 0) is 0 Å². The third-order valence-electron chi connectivity index (χ3n) is 1.35. The minimum absolute atomic E-state index is 0.00694. The van der Waals surface area contributed by atoms with E-state index in [0.29, 0.717) is 0 Å². The third-order valence-corrected chi connectivity index (χ3v) is 1.35. The van der Waals surface area contributed by atoms with Crippen LogP contribution in [-0.2, 0) is 19.3 Å². The molecule has 0 bridgehead atoms. The topological polar surface area (TPSA) is 139 Å². The van der Waals surface area contributed by atoms with Crippen molar-refractivity contribution in [3.05, 3.63) is 20.2 Å². The van der Waals surface area contributed by atoms with Crippen LogP contribution in [0.4, 0.5) is 0 Å². The molecule has 0 aliphatic rings. The van der Waals surface area contributed by atoms with E-state index in [0.717, 1.165) is 0 Å². The molecule has 0 fully saturated rings. The summed E-state index contributed by atoms with van der Waals surface area (Å²) in [6.07, 6.45) is -0.0139. The summed E-state index contributed by atoms with van der Waals surface area (Å²) in [5, 5.41) is 17.1. The van der Waals surface area contributed by atoms with E-state index in [1.807, 2.05) is 0 Å². The predicted molar refractivity (Wildman–Crippen MR) is 40.5 cm³/mol. The molecular weight excluding hydrogens is 216 g/mol. The van der Waals surface area contributed by atoms with Gasteiger partial charge in [0.2, 0.25) is 0 Å². The maximum atomic E-state index is 10.4. The molecule has 10 heteroatoms. The van der Waals surface area contributed by atoms with Crippen LogP contribution in [-0.4, -0.2) is 36.0 Å². The number of carbonyl (C=O) groups is 2. The monoisotopic (exact) mass is 222 g/mol. The Kier molecular flexibility index (Phi) is 4.64. The van der Waals surface area contributed by atoms with Gasteiger partial charge in [0.05, 0.1) is 0 Å². The van der Waals surface area contributed by atoms with Gasteiger partial charge in [-0.2, -0.15) is 0 Å². The van der Waals surface area contributed by atoms with Crippen molar-refractivity contribution in [1.82, 2.24) is 0 Å². The fourth-order valence-corrected chi connectivity index (χ4v) is 0.551. The first-order chi connectivity index (χ1) is 6.95. The number of aldehydes is 2. The fraction of sp³-hybridized carbons (Fsp3) is 0.600. The molecule has 84 valence electrons. The number of carbonyl (C=O) groups excluding carboxylic acids is 2. The highest BCUT2D eigenvalue weighted by molar-refractivity contribution is 5.84.